The number of unbranched alkanes of at least 4 members (excludes halogenated alkanes) is 1. The number of nitrogens with one attached hydrogen (secondary N) is 1. The lowest BCUT2D eigenvalue weighted by Gasteiger charge is -1.98. The molecule has 2 rings (SSSR count). The van der Waals surface area contributed by atoms with Crippen LogP contribution in [0.25, 0.3) is 11.4 Å². The molecule has 2 aromatic rings. The minimum absolute atomic E-state index is 0.566. The number of hydrogen-bond acceptors (Lipinski definition) is 6. The standard InChI is InChI=1S/C12H17N3OS2/c1-3-4-5-13-12-15-10(8-18-12)9-7-17-11(14-9)6-16-2/h7-8H,3-6H2,1-2H3,(H,13,15). The SMILES string of the molecule is CCCCNc1nc(-c2csc(COC)n2)cs1. The van der Waals surface area contributed by atoms with E-state index in [0.29, 0.717) is 6.61 Å². The van der Waals surface area contributed by atoms with Crippen molar-refractivity contribution in [3.63, 3.8) is 0 Å². The second-order valence-corrected chi connectivity index (χ2v) is 5.68. The molecule has 0 aliphatic heterocycles. The smallest absolute Gasteiger partial charge is 0.183 e. The fourth-order valence-corrected chi connectivity index (χ4v) is 2.95. The first-order valence-corrected chi connectivity index (χ1v) is 7.72. The quantitative estimate of drug-likeness (QED) is 0.788. The van der Waals surface area contributed by atoms with Gasteiger partial charge in [0.25, 0.3) is 0 Å². The monoisotopic (exact) mass is 283 g/mol. The Morgan fingerprint density at radius 2 is 2.00 bits per heavy atom. The maximum absolute atomic E-state index is 5.07. The highest BCUT2D eigenvalue weighted by Crippen LogP contribution is 2.26. The van der Waals surface area contributed by atoms with Gasteiger partial charge in [0.05, 0.1) is 6.61 Å². The van der Waals surface area contributed by atoms with Gasteiger partial charge < -0.3 is 10.1 Å². The topological polar surface area (TPSA) is 47.0 Å². The molecular formula is C12H17N3OS2. The van der Waals surface area contributed by atoms with E-state index in [2.05, 4.69) is 22.2 Å². The zero-order valence-electron chi connectivity index (χ0n) is 10.6. The van der Waals surface area contributed by atoms with E-state index in [4.69, 9.17) is 4.74 Å². The average Bonchev–Trinajstić information content (AvgIpc) is 2.98. The first-order valence-electron chi connectivity index (χ1n) is 5.96. The summed E-state index contributed by atoms with van der Waals surface area (Å²) in [6.45, 7) is 3.73. The van der Waals surface area contributed by atoms with Crippen molar-refractivity contribution in [3.8, 4) is 11.4 Å². The zero-order valence-corrected chi connectivity index (χ0v) is 12.2. The second kappa shape index (κ2) is 6.82. The van der Waals surface area contributed by atoms with Gasteiger partial charge in [-0.1, -0.05) is 13.3 Å². The molecule has 2 aromatic heterocycles. The number of ether oxygens (including phenoxy) is 1. The Bertz CT molecular complexity index is 481. The maximum Gasteiger partial charge on any atom is 0.183 e. The lowest BCUT2D eigenvalue weighted by atomic mass is 10.3. The van der Waals surface area contributed by atoms with Crippen LogP contribution in [-0.2, 0) is 11.3 Å². The molecule has 0 bridgehead atoms. The van der Waals surface area contributed by atoms with Crippen LogP contribution in [0.2, 0.25) is 0 Å². The number of aromatic nitrogens is 2. The van der Waals surface area contributed by atoms with Gasteiger partial charge in [-0.2, -0.15) is 0 Å². The summed E-state index contributed by atoms with van der Waals surface area (Å²) in [4.78, 5) is 9.03. The Morgan fingerprint density at radius 3 is 2.78 bits per heavy atom. The summed E-state index contributed by atoms with van der Waals surface area (Å²) >= 11 is 3.24. The average molecular weight is 283 g/mol. The van der Waals surface area contributed by atoms with Crippen molar-refractivity contribution in [1.82, 2.24) is 9.97 Å². The van der Waals surface area contributed by atoms with E-state index in [9.17, 15) is 0 Å². The summed E-state index contributed by atoms with van der Waals surface area (Å²) in [5.74, 6) is 0. The van der Waals surface area contributed by atoms with E-state index in [-0.39, 0.29) is 0 Å². The summed E-state index contributed by atoms with van der Waals surface area (Å²) in [7, 11) is 1.68. The predicted molar refractivity (Wildman–Crippen MR) is 77.3 cm³/mol. The molecule has 0 saturated heterocycles. The molecule has 2 heterocycles. The summed E-state index contributed by atoms with van der Waals surface area (Å²) in [5, 5.41) is 9.35. The molecule has 0 aliphatic rings. The van der Waals surface area contributed by atoms with Crippen LogP contribution in [-0.4, -0.2) is 23.6 Å². The van der Waals surface area contributed by atoms with Crippen molar-refractivity contribution in [1.29, 1.82) is 0 Å². The minimum Gasteiger partial charge on any atom is -0.378 e. The first kappa shape index (κ1) is 13.5. The van der Waals surface area contributed by atoms with E-state index in [0.717, 1.165) is 28.1 Å². The highest BCUT2D eigenvalue weighted by atomic mass is 32.1. The molecule has 0 aliphatic carbocycles. The van der Waals surface area contributed by atoms with Crippen molar-refractivity contribution in [2.75, 3.05) is 19.0 Å². The molecule has 1 N–H and O–H groups in total. The number of nitrogens with zero attached hydrogens (tertiary/aromatic N) is 2. The summed E-state index contributed by atoms with van der Waals surface area (Å²) in [6, 6.07) is 0. The lowest BCUT2D eigenvalue weighted by molar-refractivity contribution is 0.184. The van der Waals surface area contributed by atoms with Crippen LogP contribution >= 0.6 is 22.7 Å². The molecular weight excluding hydrogens is 266 g/mol. The van der Waals surface area contributed by atoms with Gasteiger partial charge in [-0.3, -0.25) is 0 Å². The number of hydrogen-bond donors (Lipinski definition) is 1. The van der Waals surface area contributed by atoms with Gasteiger partial charge in [0.15, 0.2) is 5.13 Å². The first-order chi connectivity index (χ1) is 8.83. The normalized spacial score (nSPS) is 10.8. The molecule has 0 unspecified atom stereocenters. The molecule has 0 atom stereocenters. The Labute approximate surface area is 115 Å². The summed E-state index contributed by atoms with van der Waals surface area (Å²) < 4.78 is 5.07. The van der Waals surface area contributed by atoms with Crippen LogP contribution in [0.4, 0.5) is 5.13 Å². The number of anilines is 1. The van der Waals surface area contributed by atoms with E-state index >= 15 is 0 Å². The molecule has 6 heteroatoms. The van der Waals surface area contributed by atoms with E-state index < -0.39 is 0 Å². The van der Waals surface area contributed by atoms with Crippen LogP contribution in [0.15, 0.2) is 10.8 Å². The van der Waals surface area contributed by atoms with Gasteiger partial charge in [-0.05, 0) is 6.42 Å². The Balaban J connectivity index is 1.99. The highest BCUT2D eigenvalue weighted by Gasteiger charge is 2.08. The maximum atomic E-state index is 5.07. The van der Waals surface area contributed by atoms with Crippen LogP contribution in [0.5, 0.6) is 0 Å². The van der Waals surface area contributed by atoms with Crippen LogP contribution < -0.4 is 5.32 Å². The van der Waals surface area contributed by atoms with Crippen LogP contribution in [0.3, 0.4) is 0 Å². The van der Waals surface area contributed by atoms with Gasteiger partial charge in [0.1, 0.15) is 16.4 Å². The van der Waals surface area contributed by atoms with Gasteiger partial charge in [-0.15, -0.1) is 22.7 Å². The van der Waals surface area contributed by atoms with Gasteiger partial charge in [-0.25, -0.2) is 9.97 Å². The predicted octanol–water partition coefficient (Wildman–Crippen LogP) is 3.63. The molecule has 0 radical (unpaired) electrons. The molecule has 0 saturated carbocycles. The van der Waals surface area contributed by atoms with Crippen molar-refractivity contribution in [2.24, 2.45) is 0 Å². The van der Waals surface area contributed by atoms with Gasteiger partial charge in [0.2, 0.25) is 0 Å². The lowest BCUT2D eigenvalue weighted by Crippen LogP contribution is -1.99. The van der Waals surface area contributed by atoms with Gasteiger partial charge >= 0.3 is 0 Å². The molecule has 98 valence electrons. The second-order valence-electron chi connectivity index (χ2n) is 3.88. The molecule has 18 heavy (non-hydrogen) atoms. The van der Waals surface area contributed by atoms with Gasteiger partial charge in [0, 0.05) is 24.4 Å². The van der Waals surface area contributed by atoms with Crippen molar-refractivity contribution >= 4 is 27.8 Å². The van der Waals surface area contributed by atoms with Crippen LogP contribution in [0.1, 0.15) is 24.8 Å². The fraction of sp³-hybridized carbons (Fsp3) is 0.500. The van der Waals surface area contributed by atoms with Crippen molar-refractivity contribution in [3.05, 3.63) is 15.8 Å². The highest BCUT2D eigenvalue weighted by molar-refractivity contribution is 7.14. The third-order valence-electron chi connectivity index (χ3n) is 2.39. The number of rotatable bonds is 7. The molecule has 4 nitrogen and oxygen atoms in total. The minimum atomic E-state index is 0.566. The Hall–Kier alpha value is -0.980. The summed E-state index contributed by atoms with van der Waals surface area (Å²) in [6.07, 6.45) is 2.36. The Kier molecular flexibility index (Phi) is 5.10. The molecule has 0 aromatic carbocycles. The largest absolute Gasteiger partial charge is 0.378 e. The van der Waals surface area contributed by atoms with E-state index in [1.54, 1.807) is 29.8 Å². The molecule has 0 spiro atoms. The number of thiazole rings is 2. The molecule has 0 fully saturated rings. The van der Waals surface area contributed by atoms with E-state index in [1.807, 2.05) is 10.8 Å². The fourth-order valence-electron chi connectivity index (χ4n) is 1.46. The van der Waals surface area contributed by atoms with E-state index in [1.165, 1.54) is 12.8 Å². The van der Waals surface area contributed by atoms with Crippen molar-refractivity contribution < 1.29 is 4.74 Å². The van der Waals surface area contributed by atoms with Crippen LogP contribution in [0, 0.1) is 0 Å². The Morgan fingerprint density at radius 1 is 1.22 bits per heavy atom. The third-order valence-corrected chi connectivity index (χ3v) is 4.02. The number of methoxy groups -OCH3 is 1. The third kappa shape index (κ3) is 3.51. The summed E-state index contributed by atoms with van der Waals surface area (Å²) in [5.41, 5.74) is 1.88. The van der Waals surface area contributed by atoms with Crippen molar-refractivity contribution in [2.45, 2.75) is 26.4 Å². The molecule has 0 amide bonds. The zero-order chi connectivity index (χ0) is 12.8.